The van der Waals surface area contributed by atoms with Crippen molar-refractivity contribution in [3.63, 3.8) is 0 Å². The van der Waals surface area contributed by atoms with Crippen LogP contribution >= 0.6 is 12.4 Å². The SMILES string of the molecule is CCCCCn1nc(C(=O)NCCN2CCNCC2)c2ccccc2c1=O.Cl. The molecular weight excluding hydrogens is 378 g/mol. The molecule has 0 radical (unpaired) electrons. The molecule has 2 aromatic rings. The summed E-state index contributed by atoms with van der Waals surface area (Å²) in [7, 11) is 0. The maximum absolute atomic E-state index is 12.8. The number of carbonyl (C=O) groups is 1. The molecule has 1 aliphatic heterocycles. The van der Waals surface area contributed by atoms with Crippen LogP contribution in [0.15, 0.2) is 29.1 Å². The van der Waals surface area contributed by atoms with Crippen LogP contribution in [0.5, 0.6) is 0 Å². The molecule has 0 aliphatic carbocycles. The first-order valence-corrected chi connectivity index (χ1v) is 9.92. The Kier molecular flexibility index (Phi) is 8.89. The third-order valence-corrected chi connectivity index (χ3v) is 4.98. The number of hydrogen-bond acceptors (Lipinski definition) is 5. The van der Waals surface area contributed by atoms with Crippen LogP contribution in [0.3, 0.4) is 0 Å². The first-order valence-electron chi connectivity index (χ1n) is 9.92. The van der Waals surface area contributed by atoms with Crippen LogP contribution in [0.4, 0.5) is 0 Å². The lowest BCUT2D eigenvalue weighted by Gasteiger charge is -2.27. The summed E-state index contributed by atoms with van der Waals surface area (Å²) in [5, 5.41) is 11.9. The number of hydrogen-bond donors (Lipinski definition) is 2. The molecule has 1 aromatic carbocycles. The number of fused-ring (bicyclic) bond motifs is 1. The van der Waals surface area contributed by atoms with Gasteiger partial charge in [-0.2, -0.15) is 5.10 Å². The molecule has 1 amide bonds. The van der Waals surface area contributed by atoms with Gasteiger partial charge in [0, 0.05) is 51.2 Å². The van der Waals surface area contributed by atoms with Crippen LogP contribution in [-0.2, 0) is 6.54 Å². The third-order valence-electron chi connectivity index (χ3n) is 4.98. The number of rotatable bonds is 8. The number of aryl methyl sites for hydroxylation is 1. The number of halogens is 1. The van der Waals surface area contributed by atoms with E-state index >= 15 is 0 Å². The van der Waals surface area contributed by atoms with Crippen molar-refractivity contribution < 1.29 is 4.79 Å². The fourth-order valence-electron chi connectivity index (χ4n) is 3.41. The first-order chi connectivity index (χ1) is 13.2. The lowest BCUT2D eigenvalue weighted by atomic mass is 10.1. The maximum Gasteiger partial charge on any atom is 0.274 e. The Labute approximate surface area is 171 Å². The lowest BCUT2D eigenvalue weighted by molar-refractivity contribution is 0.0941. The number of nitrogens with one attached hydrogen (secondary N) is 2. The van der Waals surface area contributed by atoms with Gasteiger partial charge in [-0.25, -0.2) is 4.68 Å². The Morgan fingerprint density at radius 3 is 2.57 bits per heavy atom. The number of unbranched alkanes of at least 4 members (excludes halogenated alkanes) is 2. The van der Waals surface area contributed by atoms with Crippen LogP contribution in [0, 0.1) is 0 Å². The van der Waals surface area contributed by atoms with E-state index in [2.05, 4.69) is 27.6 Å². The molecule has 0 unspecified atom stereocenters. The van der Waals surface area contributed by atoms with E-state index in [4.69, 9.17) is 0 Å². The number of carbonyl (C=O) groups excluding carboxylic acids is 1. The van der Waals surface area contributed by atoms with Gasteiger partial charge in [-0.3, -0.25) is 14.5 Å². The second kappa shape index (κ2) is 11.1. The van der Waals surface area contributed by atoms with Gasteiger partial charge in [-0.1, -0.05) is 38.0 Å². The topological polar surface area (TPSA) is 79.3 Å². The molecule has 0 spiro atoms. The van der Waals surface area contributed by atoms with Crippen LogP contribution in [-0.4, -0.2) is 59.9 Å². The second-order valence-electron chi connectivity index (χ2n) is 6.98. The van der Waals surface area contributed by atoms with Crippen molar-refractivity contribution in [2.45, 2.75) is 32.7 Å². The number of piperazine rings is 1. The van der Waals surface area contributed by atoms with E-state index in [-0.39, 0.29) is 23.9 Å². The number of benzene rings is 1. The molecule has 154 valence electrons. The zero-order chi connectivity index (χ0) is 19.1. The zero-order valence-corrected chi connectivity index (χ0v) is 17.3. The van der Waals surface area contributed by atoms with Gasteiger partial charge < -0.3 is 10.6 Å². The van der Waals surface area contributed by atoms with Gasteiger partial charge in [0.1, 0.15) is 0 Å². The summed E-state index contributed by atoms with van der Waals surface area (Å²) in [5.74, 6) is -0.217. The Hall–Kier alpha value is -1.96. The zero-order valence-electron chi connectivity index (χ0n) is 16.4. The largest absolute Gasteiger partial charge is 0.349 e. The molecule has 7 nitrogen and oxygen atoms in total. The molecule has 1 saturated heterocycles. The van der Waals surface area contributed by atoms with Crippen LogP contribution < -0.4 is 16.2 Å². The van der Waals surface area contributed by atoms with Gasteiger partial charge in [-0.15, -0.1) is 12.4 Å². The van der Waals surface area contributed by atoms with Gasteiger partial charge in [0.15, 0.2) is 5.69 Å². The maximum atomic E-state index is 12.8. The second-order valence-corrected chi connectivity index (χ2v) is 6.98. The number of nitrogens with zero attached hydrogens (tertiary/aromatic N) is 3. The Balaban J connectivity index is 0.00000280. The fraction of sp³-hybridized carbons (Fsp3) is 0.550. The highest BCUT2D eigenvalue weighted by Gasteiger charge is 2.17. The van der Waals surface area contributed by atoms with Crippen LogP contribution in [0.25, 0.3) is 10.8 Å². The lowest BCUT2D eigenvalue weighted by Crippen LogP contribution is -2.46. The molecular formula is C20H30ClN5O2. The van der Waals surface area contributed by atoms with Gasteiger partial charge in [0.25, 0.3) is 11.5 Å². The quantitative estimate of drug-likeness (QED) is 0.650. The summed E-state index contributed by atoms with van der Waals surface area (Å²) in [6.45, 7) is 8.03. The molecule has 1 aliphatic rings. The van der Waals surface area contributed by atoms with Gasteiger partial charge in [0.2, 0.25) is 0 Å². The fourth-order valence-corrected chi connectivity index (χ4v) is 3.41. The van der Waals surface area contributed by atoms with E-state index in [9.17, 15) is 9.59 Å². The summed E-state index contributed by atoms with van der Waals surface area (Å²) < 4.78 is 1.45. The van der Waals surface area contributed by atoms with Crippen molar-refractivity contribution in [2.24, 2.45) is 0 Å². The predicted molar refractivity (Wildman–Crippen MR) is 114 cm³/mol. The minimum Gasteiger partial charge on any atom is -0.349 e. The molecule has 2 heterocycles. The molecule has 0 atom stereocenters. The van der Waals surface area contributed by atoms with Crippen LogP contribution in [0.2, 0.25) is 0 Å². The number of amides is 1. The van der Waals surface area contributed by atoms with E-state index < -0.39 is 0 Å². The molecule has 8 heteroatoms. The van der Waals surface area contributed by atoms with Crippen molar-refractivity contribution in [3.8, 4) is 0 Å². The van der Waals surface area contributed by atoms with Crippen molar-refractivity contribution in [3.05, 3.63) is 40.3 Å². The molecule has 1 fully saturated rings. The standard InChI is InChI=1S/C20H29N5O2.ClH/c1-2-3-6-12-25-20(27)17-8-5-4-7-16(17)18(23-25)19(26)22-11-15-24-13-9-21-10-14-24;/h4-5,7-8,21H,2-3,6,9-15H2,1H3,(H,22,26);1H. The smallest absolute Gasteiger partial charge is 0.274 e. The normalized spacial score (nSPS) is 14.6. The molecule has 2 N–H and O–H groups in total. The van der Waals surface area contributed by atoms with E-state index in [1.54, 1.807) is 12.1 Å². The highest BCUT2D eigenvalue weighted by molar-refractivity contribution is 6.04. The van der Waals surface area contributed by atoms with Gasteiger partial charge in [0.05, 0.1) is 5.39 Å². The summed E-state index contributed by atoms with van der Waals surface area (Å²) in [4.78, 5) is 27.8. The molecule has 28 heavy (non-hydrogen) atoms. The summed E-state index contributed by atoms with van der Waals surface area (Å²) >= 11 is 0. The third kappa shape index (κ3) is 5.53. The molecule has 0 saturated carbocycles. The average molecular weight is 408 g/mol. The predicted octanol–water partition coefficient (Wildman–Crippen LogP) is 1.64. The Morgan fingerprint density at radius 2 is 1.86 bits per heavy atom. The highest BCUT2D eigenvalue weighted by Crippen LogP contribution is 2.13. The summed E-state index contributed by atoms with van der Waals surface area (Å²) in [6, 6.07) is 7.23. The Bertz CT molecular complexity index is 833. The van der Waals surface area contributed by atoms with E-state index in [1.165, 1.54) is 4.68 Å². The molecule has 0 bridgehead atoms. The van der Waals surface area contributed by atoms with Crippen molar-refractivity contribution in [1.82, 2.24) is 25.3 Å². The van der Waals surface area contributed by atoms with Crippen molar-refractivity contribution >= 4 is 29.1 Å². The van der Waals surface area contributed by atoms with Crippen molar-refractivity contribution in [1.29, 1.82) is 0 Å². The molecule has 3 rings (SSSR count). The summed E-state index contributed by atoms with van der Waals surface area (Å²) in [5.41, 5.74) is 0.209. The Morgan fingerprint density at radius 1 is 1.14 bits per heavy atom. The highest BCUT2D eigenvalue weighted by atomic mass is 35.5. The summed E-state index contributed by atoms with van der Waals surface area (Å²) in [6.07, 6.45) is 2.99. The van der Waals surface area contributed by atoms with Crippen LogP contribution in [0.1, 0.15) is 36.7 Å². The van der Waals surface area contributed by atoms with Crippen molar-refractivity contribution in [2.75, 3.05) is 39.3 Å². The molecule has 1 aromatic heterocycles. The minimum atomic E-state index is -0.217. The monoisotopic (exact) mass is 407 g/mol. The van der Waals surface area contributed by atoms with E-state index in [1.807, 2.05) is 12.1 Å². The van der Waals surface area contributed by atoms with Gasteiger partial charge >= 0.3 is 0 Å². The van der Waals surface area contributed by atoms with E-state index in [0.717, 1.165) is 52.0 Å². The average Bonchev–Trinajstić information content (AvgIpc) is 2.70. The number of aromatic nitrogens is 2. The first kappa shape index (κ1) is 22.3. The minimum absolute atomic E-state index is 0. The van der Waals surface area contributed by atoms with E-state index in [0.29, 0.717) is 29.6 Å². The van der Waals surface area contributed by atoms with Gasteiger partial charge in [-0.05, 0) is 12.5 Å².